The molecule has 6 nitrogen and oxygen atoms in total. The maximum atomic E-state index is 12.0. The third kappa shape index (κ3) is 4.09. The topological polar surface area (TPSA) is 84.7 Å². The number of methoxy groups -OCH3 is 1. The van der Waals surface area contributed by atoms with Crippen LogP contribution in [-0.2, 0) is 9.59 Å². The Morgan fingerprint density at radius 1 is 1.43 bits per heavy atom. The van der Waals surface area contributed by atoms with Gasteiger partial charge in [-0.05, 0) is 24.3 Å². The summed E-state index contributed by atoms with van der Waals surface area (Å²) < 4.78 is 5.08. The minimum atomic E-state index is -0.309. The fourth-order valence-electron chi connectivity index (χ4n) is 2.23. The van der Waals surface area contributed by atoms with Crippen molar-refractivity contribution in [2.75, 3.05) is 31.6 Å². The van der Waals surface area contributed by atoms with E-state index >= 15 is 0 Å². The first kappa shape index (κ1) is 17.3. The maximum absolute atomic E-state index is 12.0. The zero-order valence-electron chi connectivity index (χ0n) is 11.9. The van der Waals surface area contributed by atoms with Crippen molar-refractivity contribution in [1.29, 1.82) is 0 Å². The molecule has 116 valence electrons. The first-order valence-electron chi connectivity index (χ1n) is 6.58. The fraction of sp³-hybridized carbons (Fsp3) is 0.429. The number of hydrogen-bond acceptors (Lipinski definition) is 4. The summed E-state index contributed by atoms with van der Waals surface area (Å²) in [5.41, 5.74) is 6.13. The molecule has 2 rings (SSSR count). The molecule has 0 spiro atoms. The van der Waals surface area contributed by atoms with Gasteiger partial charge in [0.15, 0.2) is 0 Å². The van der Waals surface area contributed by atoms with Crippen molar-refractivity contribution in [2.45, 2.75) is 6.42 Å². The van der Waals surface area contributed by atoms with Gasteiger partial charge in [0.25, 0.3) is 0 Å². The number of benzene rings is 1. The SMILES string of the molecule is COc1ccc(N2CC(C(=O)NCCN)CC2=O)cc1.Cl. The van der Waals surface area contributed by atoms with E-state index in [1.54, 1.807) is 24.1 Å². The van der Waals surface area contributed by atoms with Gasteiger partial charge in [-0.2, -0.15) is 0 Å². The van der Waals surface area contributed by atoms with Crippen LogP contribution in [-0.4, -0.2) is 38.6 Å². The van der Waals surface area contributed by atoms with Crippen LogP contribution < -0.4 is 20.7 Å². The van der Waals surface area contributed by atoms with E-state index in [2.05, 4.69) is 5.32 Å². The molecule has 1 aliphatic rings. The molecule has 3 N–H and O–H groups in total. The zero-order valence-corrected chi connectivity index (χ0v) is 12.7. The van der Waals surface area contributed by atoms with Crippen LogP contribution in [0.3, 0.4) is 0 Å². The number of anilines is 1. The quantitative estimate of drug-likeness (QED) is 0.831. The third-order valence-corrected chi connectivity index (χ3v) is 3.32. The summed E-state index contributed by atoms with van der Waals surface area (Å²) >= 11 is 0. The van der Waals surface area contributed by atoms with Crippen molar-refractivity contribution >= 4 is 29.9 Å². The molecule has 1 aromatic carbocycles. The maximum Gasteiger partial charge on any atom is 0.227 e. The van der Waals surface area contributed by atoms with E-state index in [-0.39, 0.29) is 36.6 Å². The van der Waals surface area contributed by atoms with Crippen LogP contribution in [0.1, 0.15) is 6.42 Å². The van der Waals surface area contributed by atoms with E-state index in [0.29, 0.717) is 19.6 Å². The van der Waals surface area contributed by atoms with Gasteiger partial charge in [-0.3, -0.25) is 9.59 Å². The molecule has 1 fully saturated rings. The van der Waals surface area contributed by atoms with Crippen LogP contribution in [0.15, 0.2) is 24.3 Å². The first-order chi connectivity index (χ1) is 9.65. The highest BCUT2D eigenvalue weighted by molar-refractivity contribution is 6.00. The molecule has 0 bridgehead atoms. The summed E-state index contributed by atoms with van der Waals surface area (Å²) in [6.07, 6.45) is 0.239. The number of ether oxygens (including phenoxy) is 1. The number of hydrogen-bond donors (Lipinski definition) is 2. The highest BCUT2D eigenvalue weighted by atomic mass is 35.5. The molecule has 2 amide bonds. The van der Waals surface area contributed by atoms with Crippen LogP contribution in [0.2, 0.25) is 0 Å². The summed E-state index contributed by atoms with van der Waals surface area (Å²) in [7, 11) is 1.59. The first-order valence-corrected chi connectivity index (χ1v) is 6.58. The van der Waals surface area contributed by atoms with Crippen LogP contribution in [0, 0.1) is 5.92 Å². The third-order valence-electron chi connectivity index (χ3n) is 3.32. The largest absolute Gasteiger partial charge is 0.497 e. The minimum Gasteiger partial charge on any atom is -0.497 e. The summed E-state index contributed by atoms with van der Waals surface area (Å²) in [6.45, 7) is 1.24. The Balaban J connectivity index is 0.00000220. The molecule has 1 saturated heterocycles. The molecular weight excluding hydrogens is 294 g/mol. The van der Waals surface area contributed by atoms with Gasteiger partial charge >= 0.3 is 0 Å². The van der Waals surface area contributed by atoms with Gasteiger partial charge in [0, 0.05) is 31.7 Å². The summed E-state index contributed by atoms with van der Waals surface area (Å²) in [5, 5.41) is 2.72. The molecule has 7 heteroatoms. The van der Waals surface area contributed by atoms with Crippen molar-refractivity contribution in [3.05, 3.63) is 24.3 Å². The molecular formula is C14H20ClN3O3. The summed E-state index contributed by atoms with van der Waals surface area (Å²) in [4.78, 5) is 25.5. The molecule has 0 aromatic heterocycles. The monoisotopic (exact) mass is 313 g/mol. The second kappa shape index (κ2) is 7.85. The Labute approximate surface area is 130 Å². The Hall–Kier alpha value is -1.79. The van der Waals surface area contributed by atoms with Crippen molar-refractivity contribution in [3.8, 4) is 5.75 Å². The highest BCUT2D eigenvalue weighted by Gasteiger charge is 2.34. The molecule has 0 aliphatic carbocycles. The molecule has 0 saturated carbocycles. The second-order valence-corrected chi connectivity index (χ2v) is 4.68. The standard InChI is InChI=1S/C14H19N3O3.ClH/c1-20-12-4-2-11(3-5-12)17-9-10(8-13(17)18)14(19)16-7-6-15;/h2-5,10H,6-9,15H2,1H3,(H,16,19);1H. The van der Waals surface area contributed by atoms with Gasteiger partial charge in [0.2, 0.25) is 11.8 Å². The fourth-order valence-corrected chi connectivity index (χ4v) is 2.23. The van der Waals surface area contributed by atoms with E-state index in [1.807, 2.05) is 12.1 Å². The molecule has 1 atom stereocenters. The molecule has 21 heavy (non-hydrogen) atoms. The van der Waals surface area contributed by atoms with E-state index in [1.165, 1.54) is 0 Å². The normalized spacial score (nSPS) is 17.3. The predicted molar refractivity (Wildman–Crippen MR) is 82.8 cm³/mol. The lowest BCUT2D eigenvalue weighted by atomic mass is 10.1. The Morgan fingerprint density at radius 2 is 2.10 bits per heavy atom. The van der Waals surface area contributed by atoms with Crippen molar-refractivity contribution in [2.24, 2.45) is 11.7 Å². The number of halogens is 1. The smallest absolute Gasteiger partial charge is 0.227 e. The van der Waals surface area contributed by atoms with E-state index < -0.39 is 0 Å². The highest BCUT2D eigenvalue weighted by Crippen LogP contribution is 2.26. The van der Waals surface area contributed by atoms with Crippen LogP contribution in [0.25, 0.3) is 0 Å². The molecule has 1 aromatic rings. The summed E-state index contributed by atoms with van der Waals surface area (Å²) in [5.74, 6) is 0.275. The Kier molecular flexibility index (Phi) is 6.45. The van der Waals surface area contributed by atoms with Gasteiger partial charge in [-0.25, -0.2) is 0 Å². The van der Waals surface area contributed by atoms with E-state index in [0.717, 1.165) is 11.4 Å². The lowest BCUT2D eigenvalue weighted by Crippen LogP contribution is -2.35. The number of nitrogens with one attached hydrogen (secondary N) is 1. The molecule has 1 heterocycles. The Bertz CT molecular complexity index is 493. The van der Waals surface area contributed by atoms with Crippen molar-refractivity contribution < 1.29 is 14.3 Å². The zero-order chi connectivity index (χ0) is 14.5. The van der Waals surface area contributed by atoms with E-state index in [4.69, 9.17) is 10.5 Å². The van der Waals surface area contributed by atoms with Crippen molar-refractivity contribution in [1.82, 2.24) is 5.32 Å². The van der Waals surface area contributed by atoms with Gasteiger partial charge in [0.1, 0.15) is 5.75 Å². The number of carbonyl (C=O) groups excluding carboxylic acids is 2. The predicted octanol–water partition coefficient (Wildman–Crippen LogP) is 0.545. The Morgan fingerprint density at radius 3 is 2.67 bits per heavy atom. The lowest BCUT2D eigenvalue weighted by Gasteiger charge is -2.17. The summed E-state index contributed by atoms with van der Waals surface area (Å²) in [6, 6.07) is 7.22. The average molecular weight is 314 g/mol. The molecule has 1 aliphatic heterocycles. The minimum absolute atomic E-state index is 0. The van der Waals surface area contributed by atoms with Gasteiger partial charge in [-0.15, -0.1) is 12.4 Å². The second-order valence-electron chi connectivity index (χ2n) is 4.68. The molecule has 1 unspecified atom stereocenters. The number of nitrogens with zero attached hydrogens (tertiary/aromatic N) is 1. The van der Waals surface area contributed by atoms with Gasteiger partial charge in [0.05, 0.1) is 13.0 Å². The number of carbonyl (C=O) groups is 2. The average Bonchev–Trinajstić information content (AvgIpc) is 2.87. The lowest BCUT2D eigenvalue weighted by molar-refractivity contribution is -0.126. The van der Waals surface area contributed by atoms with E-state index in [9.17, 15) is 9.59 Å². The molecule has 0 radical (unpaired) electrons. The number of nitrogens with two attached hydrogens (primary N) is 1. The number of rotatable bonds is 5. The van der Waals surface area contributed by atoms with Crippen LogP contribution >= 0.6 is 12.4 Å². The van der Waals surface area contributed by atoms with Gasteiger partial charge < -0.3 is 20.7 Å². The number of amides is 2. The van der Waals surface area contributed by atoms with Crippen LogP contribution in [0.5, 0.6) is 5.75 Å². The van der Waals surface area contributed by atoms with Crippen LogP contribution in [0.4, 0.5) is 5.69 Å². The van der Waals surface area contributed by atoms with Gasteiger partial charge in [-0.1, -0.05) is 0 Å². The van der Waals surface area contributed by atoms with Crippen molar-refractivity contribution in [3.63, 3.8) is 0 Å².